The number of para-hydroxylation sites is 2. The van der Waals surface area contributed by atoms with Crippen molar-refractivity contribution >= 4 is 55.9 Å². The molecule has 1 aliphatic heterocycles. The molecule has 0 saturated heterocycles. The number of aromatic nitrogens is 2. The quantitative estimate of drug-likeness (QED) is 0.191. The zero-order chi connectivity index (χ0) is 39.0. The van der Waals surface area contributed by atoms with Crippen LogP contribution in [0.2, 0.25) is 0 Å². The fourth-order valence-electron chi connectivity index (χ4n) is 7.93. The number of halogens is 1. The summed E-state index contributed by atoms with van der Waals surface area (Å²) in [6.07, 6.45) is 7.49. The number of sulfonamides is 1. The van der Waals surface area contributed by atoms with Gasteiger partial charge in [0.2, 0.25) is 21.8 Å². The maximum Gasteiger partial charge on any atom is 0.259 e. The number of ether oxygens (including phenoxy) is 1. The van der Waals surface area contributed by atoms with Crippen LogP contribution < -0.4 is 20.1 Å². The van der Waals surface area contributed by atoms with Gasteiger partial charge < -0.3 is 15.4 Å². The summed E-state index contributed by atoms with van der Waals surface area (Å²) in [6, 6.07) is 15.4. The van der Waals surface area contributed by atoms with Crippen molar-refractivity contribution < 1.29 is 36.7 Å². The number of ketones is 1. The molecule has 4 aromatic rings. The lowest BCUT2D eigenvalue weighted by atomic mass is 9.85. The first-order valence-corrected chi connectivity index (χ1v) is 21.6. The van der Waals surface area contributed by atoms with Gasteiger partial charge in [-0.05, 0) is 93.1 Å². The average Bonchev–Trinajstić information content (AvgIpc) is 4.05. The van der Waals surface area contributed by atoms with E-state index in [4.69, 9.17) is 14.7 Å². The molecule has 3 aliphatic carbocycles. The Balaban J connectivity index is 1.13. The number of thiophene rings is 1. The predicted molar refractivity (Wildman–Crippen MR) is 207 cm³/mol. The summed E-state index contributed by atoms with van der Waals surface area (Å²) in [7, 11) is -3.91. The third kappa shape index (κ3) is 7.97. The lowest BCUT2D eigenvalue weighted by Gasteiger charge is -2.26. The highest BCUT2D eigenvalue weighted by atomic mass is 32.2. The van der Waals surface area contributed by atoms with Crippen LogP contribution in [0.3, 0.4) is 0 Å². The molecule has 6 atom stereocenters. The van der Waals surface area contributed by atoms with Gasteiger partial charge in [-0.1, -0.05) is 49.3 Å². The molecule has 2 aromatic carbocycles. The number of rotatable bonds is 8. The van der Waals surface area contributed by atoms with Gasteiger partial charge in [0.05, 0.1) is 33.1 Å². The molecule has 15 heteroatoms. The molecule has 3 N–H and O–H groups in total. The minimum absolute atomic E-state index is 0.0608. The Labute approximate surface area is 327 Å². The summed E-state index contributed by atoms with van der Waals surface area (Å²) < 4.78 is 48.7. The van der Waals surface area contributed by atoms with Crippen LogP contribution in [-0.4, -0.2) is 64.8 Å². The average molecular weight is 800 g/mol. The van der Waals surface area contributed by atoms with Crippen molar-refractivity contribution in [3.63, 3.8) is 0 Å². The molecule has 8 rings (SSSR count). The molecule has 0 spiro atoms. The number of nitrogens with one attached hydrogen (secondary N) is 3. The molecule has 3 fully saturated rings. The van der Waals surface area contributed by atoms with E-state index in [0.29, 0.717) is 48.8 Å². The molecule has 2 unspecified atom stereocenters. The number of allylic oxidation sites excluding steroid dienone is 1. The Bertz CT molecular complexity index is 2320. The van der Waals surface area contributed by atoms with E-state index in [2.05, 4.69) is 15.4 Å². The molecule has 3 saturated carbocycles. The maximum atomic E-state index is 14.7. The summed E-state index contributed by atoms with van der Waals surface area (Å²) in [5.74, 6) is -5.11. The van der Waals surface area contributed by atoms with E-state index in [1.54, 1.807) is 0 Å². The van der Waals surface area contributed by atoms with Crippen molar-refractivity contribution in [2.24, 2.45) is 17.8 Å². The van der Waals surface area contributed by atoms with Crippen molar-refractivity contribution in [3.8, 4) is 16.5 Å². The van der Waals surface area contributed by atoms with Crippen molar-refractivity contribution in [2.75, 3.05) is 0 Å². The number of fused-ring (bicyclic) bond motifs is 3. The third-order valence-electron chi connectivity index (χ3n) is 11.2. The number of nitrogens with zero attached hydrogens (tertiary/aromatic N) is 2. The molecular formula is C41H42FN5O7S2. The van der Waals surface area contributed by atoms with Crippen LogP contribution in [-0.2, 0) is 24.4 Å². The maximum absolute atomic E-state index is 14.7. The van der Waals surface area contributed by atoms with E-state index >= 15 is 0 Å². The van der Waals surface area contributed by atoms with Crippen LogP contribution in [0.5, 0.6) is 5.88 Å². The van der Waals surface area contributed by atoms with Crippen LogP contribution in [0.25, 0.3) is 21.6 Å². The molecule has 12 nitrogen and oxygen atoms in total. The molecule has 3 amide bonds. The molecule has 3 heterocycles. The van der Waals surface area contributed by atoms with Gasteiger partial charge in [0.15, 0.2) is 5.78 Å². The second-order valence-corrected chi connectivity index (χ2v) is 18.1. The molecule has 0 bridgehead atoms. The normalized spacial score (nSPS) is 27.5. The van der Waals surface area contributed by atoms with Gasteiger partial charge in [0.1, 0.15) is 23.2 Å². The summed E-state index contributed by atoms with van der Waals surface area (Å²) >= 11 is 1.47. The molecule has 292 valence electrons. The molecule has 56 heavy (non-hydrogen) atoms. The van der Waals surface area contributed by atoms with Gasteiger partial charge in [0, 0.05) is 17.4 Å². The second kappa shape index (κ2) is 15.5. The van der Waals surface area contributed by atoms with Crippen LogP contribution >= 0.6 is 11.3 Å². The zero-order valence-electron chi connectivity index (χ0n) is 30.5. The number of hydrogen-bond acceptors (Lipinski definition) is 10. The lowest BCUT2D eigenvalue weighted by Crippen LogP contribution is -2.54. The van der Waals surface area contributed by atoms with E-state index in [0.717, 1.165) is 23.8 Å². The fourth-order valence-corrected chi connectivity index (χ4v) is 10.00. The topological polar surface area (TPSA) is 174 Å². The Kier molecular flexibility index (Phi) is 10.5. The van der Waals surface area contributed by atoms with Crippen molar-refractivity contribution in [1.82, 2.24) is 25.3 Å². The Hall–Kier alpha value is -5.02. The predicted octanol–water partition coefficient (Wildman–Crippen LogP) is 5.64. The van der Waals surface area contributed by atoms with E-state index < -0.39 is 74.3 Å². The van der Waals surface area contributed by atoms with Gasteiger partial charge in [-0.2, -0.15) is 0 Å². The van der Waals surface area contributed by atoms with Crippen LogP contribution in [0, 0.1) is 23.6 Å². The van der Waals surface area contributed by atoms with Crippen molar-refractivity contribution in [2.45, 2.75) is 87.1 Å². The van der Waals surface area contributed by atoms with E-state index in [1.165, 1.54) is 29.5 Å². The van der Waals surface area contributed by atoms with Crippen molar-refractivity contribution in [3.05, 3.63) is 89.6 Å². The molecule has 4 aliphatic rings. The Morgan fingerprint density at radius 3 is 2.46 bits per heavy atom. The Morgan fingerprint density at radius 2 is 1.71 bits per heavy atom. The molecule has 2 aromatic heterocycles. The number of carbonyl (C=O) groups excluding carboxylic acids is 4. The van der Waals surface area contributed by atoms with Crippen LogP contribution in [0.1, 0.15) is 74.6 Å². The first kappa shape index (κ1) is 37.9. The Morgan fingerprint density at radius 1 is 0.929 bits per heavy atom. The summed E-state index contributed by atoms with van der Waals surface area (Å²) in [4.78, 5) is 66.9. The van der Waals surface area contributed by atoms with Gasteiger partial charge in [0.25, 0.3) is 11.8 Å². The summed E-state index contributed by atoms with van der Waals surface area (Å²) in [5, 5.41) is 7.02. The van der Waals surface area contributed by atoms with Crippen molar-refractivity contribution in [1.29, 1.82) is 0 Å². The SMILES string of the molecule is O=C(N[C@@H]1CCCCC/C=C\C2C[C@@]2(C(=O)NS(=O)(=O)C2CC2)NC(=O)[C@@H]2C[C@@H](Oc3nc4ccccc4nc3-c3cccs3)CC2C1=O)c1cccc(F)c1. The standard InChI is InChI=1S/C41H42FN5O7S2/c42-26-12-8-10-24(20-26)37(49)44-33-15-5-3-1-2-4-11-25-23-41(25,40(51)47-56(52,53)28-17-18-28)46-38(50)30-22-27(21-29(30)36(33)48)54-39-35(34-16-9-19-55-34)43-31-13-6-7-14-32(31)45-39/h4,6-14,16,19-20,25,27-30,33H,1-3,5,15,17-18,21-23H2,(H,44,49)(H,46,50)(H,47,51)/b11-4-/t25?,27-,29?,30+,33+,41+/m0/s1. The number of carbonyl (C=O) groups is 4. The minimum Gasteiger partial charge on any atom is -0.473 e. The summed E-state index contributed by atoms with van der Waals surface area (Å²) in [5.41, 5.74) is 0.343. The largest absolute Gasteiger partial charge is 0.473 e. The second-order valence-electron chi connectivity index (χ2n) is 15.2. The van der Waals surface area contributed by atoms with Gasteiger partial charge in [-0.3, -0.25) is 23.9 Å². The zero-order valence-corrected chi connectivity index (χ0v) is 32.1. The van der Waals surface area contributed by atoms with Gasteiger partial charge in [-0.15, -0.1) is 11.3 Å². The number of hydrogen-bond donors (Lipinski definition) is 3. The number of amides is 3. The van der Waals surface area contributed by atoms with Gasteiger partial charge in [-0.25, -0.2) is 22.8 Å². The smallest absolute Gasteiger partial charge is 0.259 e. The number of Topliss-reactive ketones (excluding diaryl/α,β-unsaturated/α-hetero) is 1. The highest BCUT2D eigenvalue weighted by Gasteiger charge is 2.62. The lowest BCUT2D eigenvalue weighted by molar-refractivity contribution is -0.136. The fraction of sp³-hybridized carbons (Fsp3) is 0.415. The minimum atomic E-state index is -3.91. The van der Waals surface area contributed by atoms with E-state index in [-0.39, 0.29) is 36.5 Å². The van der Waals surface area contributed by atoms with E-state index in [1.807, 2.05) is 53.9 Å². The summed E-state index contributed by atoms with van der Waals surface area (Å²) in [6.45, 7) is 0. The van der Waals surface area contributed by atoms with Gasteiger partial charge >= 0.3 is 0 Å². The molecular weight excluding hydrogens is 758 g/mol. The first-order valence-electron chi connectivity index (χ1n) is 19.1. The first-order chi connectivity index (χ1) is 27.0. The highest BCUT2D eigenvalue weighted by Crippen LogP contribution is 2.47. The highest BCUT2D eigenvalue weighted by molar-refractivity contribution is 7.91. The number of benzene rings is 2. The molecule has 0 radical (unpaired) electrons. The van der Waals surface area contributed by atoms with E-state index in [9.17, 15) is 32.0 Å². The van der Waals surface area contributed by atoms with Crippen LogP contribution in [0.4, 0.5) is 4.39 Å². The van der Waals surface area contributed by atoms with Crippen LogP contribution in [0.15, 0.2) is 78.2 Å². The third-order valence-corrected chi connectivity index (χ3v) is 13.9. The monoisotopic (exact) mass is 799 g/mol.